The van der Waals surface area contributed by atoms with E-state index in [9.17, 15) is 4.79 Å². The summed E-state index contributed by atoms with van der Waals surface area (Å²) in [5, 5.41) is 6.47. The van der Waals surface area contributed by atoms with Gasteiger partial charge in [0.15, 0.2) is 5.96 Å². The van der Waals surface area contributed by atoms with Crippen LogP contribution in [0.3, 0.4) is 0 Å². The highest BCUT2D eigenvalue weighted by molar-refractivity contribution is 5.92. The standard InChI is InChI=1S/C19H24N4O2/c1-13-7-8-16(17(9-13)25-3)12-23-19(21-2)22-11-14-5-4-6-15(10-14)18(20)24/h4-10H,11-12H2,1-3H3,(H2,20,24)(H2,21,22,23). The van der Waals surface area contributed by atoms with Crippen molar-refractivity contribution in [1.29, 1.82) is 0 Å². The number of benzene rings is 2. The summed E-state index contributed by atoms with van der Waals surface area (Å²) in [5.74, 6) is 1.07. The van der Waals surface area contributed by atoms with Crippen molar-refractivity contribution in [2.45, 2.75) is 20.0 Å². The number of aliphatic imine (C=N–C) groups is 1. The van der Waals surface area contributed by atoms with E-state index in [2.05, 4.69) is 15.6 Å². The number of hydrogen-bond acceptors (Lipinski definition) is 3. The van der Waals surface area contributed by atoms with Gasteiger partial charge in [0.25, 0.3) is 0 Å². The Morgan fingerprint density at radius 3 is 2.60 bits per heavy atom. The van der Waals surface area contributed by atoms with Gasteiger partial charge >= 0.3 is 0 Å². The largest absolute Gasteiger partial charge is 0.496 e. The zero-order chi connectivity index (χ0) is 18.2. The molecule has 0 radical (unpaired) electrons. The molecule has 0 aromatic heterocycles. The summed E-state index contributed by atoms with van der Waals surface area (Å²) in [6.45, 7) is 3.15. The van der Waals surface area contributed by atoms with Crippen LogP contribution in [0.15, 0.2) is 47.5 Å². The van der Waals surface area contributed by atoms with E-state index in [0.717, 1.165) is 22.4 Å². The third kappa shape index (κ3) is 5.24. The second-order valence-corrected chi connectivity index (χ2v) is 5.66. The van der Waals surface area contributed by atoms with E-state index in [1.807, 2.05) is 37.3 Å². The van der Waals surface area contributed by atoms with Crippen LogP contribution < -0.4 is 21.1 Å². The first-order valence-corrected chi connectivity index (χ1v) is 8.00. The Labute approximate surface area is 148 Å². The van der Waals surface area contributed by atoms with Gasteiger partial charge in [0.2, 0.25) is 5.91 Å². The highest BCUT2D eigenvalue weighted by Crippen LogP contribution is 2.19. The van der Waals surface area contributed by atoms with Crippen LogP contribution in [-0.2, 0) is 13.1 Å². The summed E-state index contributed by atoms with van der Waals surface area (Å²) in [6, 6.07) is 13.3. The molecule has 132 valence electrons. The normalized spacial score (nSPS) is 11.1. The zero-order valence-electron chi connectivity index (χ0n) is 14.8. The maximum Gasteiger partial charge on any atom is 0.248 e. The smallest absolute Gasteiger partial charge is 0.248 e. The molecule has 2 aromatic rings. The van der Waals surface area contributed by atoms with Gasteiger partial charge in [0.1, 0.15) is 5.75 Å². The number of carbonyl (C=O) groups excluding carboxylic acids is 1. The van der Waals surface area contributed by atoms with Crippen molar-refractivity contribution in [1.82, 2.24) is 10.6 Å². The van der Waals surface area contributed by atoms with Gasteiger partial charge < -0.3 is 21.1 Å². The molecule has 25 heavy (non-hydrogen) atoms. The van der Waals surface area contributed by atoms with Gasteiger partial charge in [-0.15, -0.1) is 0 Å². The van der Waals surface area contributed by atoms with Crippen molar-refractivity contribution in [3.05, 3.63) is 64.7 Å². The minimum atomic E-state index is -0.434. The molecule has 0 heterocycles. The van der Waals surface area contributed by atoms with Crippen LogP contribution in [0, 0.1) is 6.92 Å². The third-order valence-corrected chi connectivity index (χ3v) is 3.78. The molecule has 0 saturated carbocycles. The molecule has 2 aromatic carbocycles. The van der Waals surface area contributed by atoms with E-state index >= 15 is 0 Å². The van der Waals surface area contributed by atoms with E-state index in [1.165, 1.54) is 0 Å². The van der Waals surface area contributed by atoms with Gasteiger partial charge in [-0.05, 0) is 36.2 Å². The van der Waals surface area contributed by atoms with Crippen molar-refractivity contribution < 1.29 is 9.53 Å². The van der Waals surface area contributed by atoms with Crippen LogP contribution in [0.25, 0.3) is 0 Å². The number of hydrogen-bond donors (Lipinski definition) is 3. The lowest BCUT2D eigenvalue weighted by Crippen LogP contribution is -2.36. The van der Waals surface area contributed by atoms with E-state index in [4.69, 9.17) is 10.5 Å². The zero-order valence-corrected chi connectivity index (χ0v) is 14.8. The molecule has 0 spiro atoms. The molecule has 0 aliphatic rings. The van der Waals surface area contributed by atoms with Gasteiger partial charge in [-0.3, -0.25) is 9.79 Å². The predicted molar refractivity (Wildman–Crippen MR) is 99.7 cm³/mol. The lowest BCUT2D eigenvalue weighted by Gasteiger charge is -2.14. The number of nitrogens with zero attached hydrogens (tertiary/aromatic N) is 1. The molecule has 0 saturated heterocycles. The fraction of sp³-hybridized carbons (Fsp3) is 0.263. The second kappa shape index (κ2) is 8.73. The summed E-state index contributed by atoms with van der Waals surface area (Å²) in [5.41, 5.74) is 8.95. The molecule has 6 heteroatoms. The number of aryl methyl sites for hydroxylation is 1. The number of primary amides is 1. The number of methoxy groups -OCH3 is 1. The molecule has 0 aliphatic carbocycles. The Hall–Kier alpha value is -3.02. The molecule has 2 rings (SSSR count). The van der Waals surface area contributed by atoms with Crippen molar-refractivity contribution in [2.75, 3.05) is 14.2 Å². The number of amides is 1. The van der Waals surface area contributed by atoms with E-state index in [0.29, 0.717) is 24.6 Å². The van der Waals surface area contributed by atoms with Crippen LogP contribution in [0.5, 0.6) is 5.75 Å². The second-order valence-electron chi connectivity index (χ2n) is 5.66. The van der Waals surface area contributed by atoms with Crippen molar-refractivity contribution in [3.8, 4) is 5.75 Å². The molecule has 4 N–H and O–H groups in total. The first-order valence-electron chi connectivity index (χ1n) is 8.00. The van der Waals surface area contributed by atoms with E-state index in [1.54, 1.807) is 26.3 Å². The molecule has 0 bridgehead atoms. The SMILES string of the molecule is CN=C(NCc1cccc(C(N)=O)c1)NCc1ccc(C)cc1OC. The number of ether oxygens (including phenoxy) is 1. The van der Waals surface area contributed by atoms with Crippen LogP contribution in [-0.4, -0.2) is 26.0 Å². The third-order valence-electron chi connectivity index (χ3n) is 3.78. The van der Waals surface area contributed by atoms with Crippen molar-refractivity contribution in [2.24, 2.45) is 10.7 Å². The fourth-order valence-electron chi connectivity index (χ4n) is 2.42. The number of rotatable bonds is 6. The first kappa shape index (κ1) is 18.3. The van der Waals surface area contributed by atoms with Crippen LogP contribution in [0.1, 0.15) is 27.0 Å². The minimum Gasteiger partial charge on any atom is -0.496 e. The average molecular weight is 340 g/mol. The Kier molecular flexibility index (Phi) is 6.39. The highest BCUT2D eigenvalue weighted by atomic mass is 16.5. The molecular weight excluding hydrogens is 316 g/mol. The Morgan fingerprint density at radius 1 is 1.16 bits per heavy atom. The average Bonchev–Trinajstić information content (AvgIpc) is 2.62. The molecule has 0 unspecified atom stereocenters. The maximum atomic E-state index is 11.2. The lowest BCUT2D eigenvalue weighted by atomic mass is 10.1. The van der Waals surface area contributed by atoms with Crippen molar-refractivity contribution >= 4 is 11.9 Å². The quantitative estimate of drug-likeness (QED) is 0.554. The monoisotopic (exact) mass is 340 g/mol. The number of nitrogens with two attached hydrogens (primary N) is 1. The number of carbonyl (C=O) groups is 1. The topological polar surface area (TPSA) is 88.7 Å². The first-order chi connectivity index (χ1) is 12.0. The summed E-state index contributed by atoms with van der Waals surface area (Å²) < 4.78 is 5.41. The van der Waals surface area contributed by atoms with Crippen LogP contribution in [0.2, 0.25) is 0 Å². The van der Waals surface area contributed by atoms with Crippen LogP contribution in [0.4, 0.5) is 0 Å². The number of nitrogens with one attached hydrogen (secondary N) is 2. The van der Waals surface area contributed by atoms with E-state index in [-0.39, 0.29) is 0 Å². The van der Waals surface area contributed by atoms with Crippen LogP contribution >= 0.6 is 0 Å². The van der Waals surface area contributed by atoms with E-state index < -0.39 is 5.91 Å². The summed E-state index contributed by atoms with van der Waals surface area (Å²) in [4.78, 5) is 15.5. The van der Waals surface area contributed by atoms with Gasteiger partial charge in [0, 0.05) is 31.3 Å². The molecule has 0 fully saturated rings. The maximum absolute atomic E-state index is 11.2. The van der Waals surface area contributed by atoms with Gasteiger partial charge in [0.05, 0.1) is 7.11 Å². The van der Waals surface area contributed by atoms with Gasteiger partial charge in [-0.25, -0.2) is 0 Å². The summed E-state index contributed by atoms with van der Waals surface area (Å²) in [7, 11) is 3.37. The molecule has 6 nitrogen and oxygen atoms in total. The molecule has 1 amide bonds. The molecule has 0 aliphatic heterocycles. The fourth-order valence-corrected chi connectivity index (χ4v) is 2.42. The molecular formula is C19H24N4O2. The van der Waals surface area contributed by atoms with Crippen molar-refractivity contribution in [3.63, 3.8) is 0 Å². The molecule has 0 atom stereocenters. The summed E-state index contributed by atoms with van der Waals surface area (Å²) >= 11 is 0. The lowest BCUT2D eigenvalue weighted by molar-refractivity contribution is 0.1000. The summed E-state index contributed by atoms with van der Waals surface area (Å²) in [6.07, 6.45) is 0. The minimum absolute atomic E-state index is 0.434. The Bertz CT molecular complexity index is 772. The number of guanidine groups is 1. The van der Waals surface area contributed by atoms with Gasteiger partial charge in [-0.2, -0.15) is 0 Å². The highest BCUT2D eigenvalue weighted by Gasteiger charge is 2.06. The predicted octanol–water partition coefficient (Wildman–Crippen LogP) is 1.97. The Balaban J connectivity index is 1.95. The van der Waals surface area contributed by atoms with Gasteiger partial charge in [-0.1, -0.05) is 24.3 Å². The Morgan fingerprint density at radius 2 is 1.92 bits per heavy atom.